The highest BCUT2D eigenvalue weighted by Crippen LogP contribution is 2.23. The average molecular weight is 317 g/mol. The summed E-state index contributed by atoms with van der Waals surface area (Å²) in [6.45, 7) is 2.11. The predicted octanol–water partition coefficient (Wildman–Crippen LogP) is 3.21. The van der Waals surface area contributed by atoms with Gasteiger partial charge in [-0.05, 0) is 30.2 Å². The van der Waals surface area contributed by atoms with Gasteiger partial charge in [-0.2, -0.15) is 5.26 Å². The van der Waals surface area contributed by atoms with Crippen LogP contribution in [0.4, 0.5) is 0 Å². The van der Waals surface area contributed by atoms with E-state index >= 15 is 0 Å². The molecular formula is C12H11BrClNO2. The summed E-state index contributed by atoms with van der Waals surface area (Å²) < 4.78 is 4.88. The predicted molar refractivity (Wildman–Crippen MR) is 69.1 cm³/mol. The number of nitrogens with zero attached hydrogens (tertiary/aromatic N) is 1. The number of halogens is 2. The smallest absolute Gasteiger partial charge is 0.310 e. The third kappa shape index (κ3) is 3.72. The fourth-order valence-corrected chi connectivity index (χ4v) is 2.15. The van der Waals surface area contributed by atoms with E-state index in [2.05, 4.69) is 15.9 Å². The summed E-state index contributed by atoms with van der Waals surface area (Å²) in [5.74, 6) is -0.296. The lowest BCUT2D eigenvalue weighted by molar-refractivity contribution is -0.142. The lowest BCUT2D eigenvalue weighted by Crippen LogP contribution is -2.09. The highest BCUT2D eigenvalue weighted by molar-refractivity contribution is 9.08. The zero-order chi connectivity index (χ0) is 12.8. The standard InChI is InChI=1S/C12H11BrClNO2/c1-2-17-12(16)5-8-4-11(14)10(7-15)3-9(8)6-13/h3-4H,2,5-6H2,1H3. The van der Waals surface area contributed by atoms with Gasteiger partial charge in [0.05, 0.1) is 23.6 Å². The topological polar surface area (TPSA) is 50.1 Å². The molecule has 0 aliphatic carbocycles. The molecule has 0 atom stereocenters. The van der Waals surface area contributed by atoms with E-state index in [1.54, 1.807) is 19.1 Å². The van der Waals surface area contributed by atoms with Gasteiger partial charge in [0.25, 0.3) is 0 Å². The van der Waals surface area contributed by atoms with Crippen molar-refractivity contribution in [2.45, 2.75) is 18.7 Å². The molecule has 17 heavy (non-hydrogen) atoms. The van der Waals surface area contributed by atoms with Crippen LogP contribution in [0.1, 0.15) is 23.6 Å². The Morgan fingerprint density at radius 3 is 2.76 bits per heavy atom. The molecule has 0 radical (unpaired) electrons. The van der Waals surface area contributed by atoms with Crippen molar-refractivity contribution < 1.29 is 9.53 Å². The number of hydrogen-bond acceptors (Lipinski definition) is 3. The Kier molecular flexibility index (Phi) is 5.46. The lowest BCUT2D eigenvalue weighted by atomic mass is 10.0. The maximum atomic E-state index is 11.4. The van der Waals surface area contributed by atoms with E-state index < -0.39 is 0 Å². The van der Waals surface area contributed by atoms with Crippen molar-refractivity contribution in [2.24, 2.45) is 0 Å². The summed E-state index contributed by atoms with van der Waals surface area (Å²) in [6, 6.07) is 5.34. The summed E-state index contributed by atoms with van der Waals surface area (Å²) in [7, 11) is 0. The van der Waals surface area contributed by atoms with Gasteiger partial charge in [0.15, 0.2) is 0 Å². The van der Waals surface area contributed by atoms with E-state index in [0.29, 0.717) is 22.5 Å². The SMILES string of the molecule is CCOC(=O)Cc1cc(Cl)c(C#N)cc1CBr. The maximum absolute atomic E-state index is 11.4. The first kappa shape index (κ1) is 14.0. The van der Waals surface area contributed by atoms with Crippen molar-refractivity contribution in [3.05, 3.63) is 33.8 Å². The first-order chi connectivity index (χ1) is 8.12. The molecule has 0 unspecified atom stereocenters. The molecule has 0 aliphatic rings. The fraction of sp³-hybridized carbons (Fsp3) is 0.333. The molecule has 0 N–H and O–H groups in total. The molecule has 0 spiro atoms. The van der Waals surface area contributed by atoms with Crippen LogP contribution in [-0.2, 0) is 21.3 Å². The van der Waals surface area contributed by atoms with Gasteiger partial charge in [-0.15, -0.1) is 0 Å². The summed E-state index contributed by atoms with van der Waals surface area (Å²) in [5.41, 5.74) is 2.07. The number of esters is 1. The second-order valence-electron chi connectivity index (χ2n) is 3.33. The minimum Gasteiger partial charge on any atom is -0.466 e. The summed E-state index contributed by atoms with van der Waals surface area (Å²) in [5, 5.41) is 9.77. The van der Waals surface area contributed by atoms with E-state index in [4.69, 9.17) is 21.6 Å². The lowest BCUT2D eigenvalue weighted by Gasteiger charge is -2.08. The molecule has 0 saturated heterocycles. The van der Waals surface area contributed by atoms with Crippen LogP contribution in [0, 0.1) is 11.3 Å². The molecular weight excluding hydrogens is 305 g/mol. The normalized spacial score (nSPS) is 9.76. The van der Waals surface area contributed by atoms with Crippen LogP contribution in [0.2, 0.25) is 5.02 Å². The van der Waals surface area contributed by atoms with Gasteiger partial charge in [-0.1, -0.05) is 27.5 Å². The van der Waals surface area contributed by atoms with Gasteiger partial charge in [0.1, 0.15) is 6.07 Å². The van der Waals surface area contributed by atoms with Gasteiger partial charge < -0.3 is 4.74 Å². The molecule has 0 amide bonds. The number of carbonyl (C=O) groups excluding carboxylic acids is 1. The van der Waals surface area contributed by atoms with Crippen molar-refractivity contribution in [1.29, 1.82) is 5.26 Å². The van der Waals surface area contributed by atoms with Crippen molar-refractivity contribution >= 4 is 33.5 Å². The number of ether oxygens (including phenoxy) is 1. The van der Waals surface area contributed by atoms with E-state index in [9.17, 15) is 4.79 Å². The van der Waals surface area contributed by atoms with Crippen LogP contribution in [-0.4, -0.2) is 12.6 Å². The molecule has 0 heterocycles. The van der Waals surface area contributed by atoms with Gasteiger partial charge in [-0.25, -0.2) is 0 Å². The van der Waals surface area contributed by atoms with Gasteiger partial charge in [-0.3, -0.25) is 4.79 Å². The molecule has 1 aromatic carbocycles. The second-order valence-corrected chi connectivity index (χ2v) is 4.30. The zero-order valence-electron chi connectivity index (χ0n) is 9.30. The van der Waals surface area contributed by atoms with Gasteiger partial charge >= 0.3 is 5.97 Å². The summed E-state index contributed by atoms with van der Waals surface area (Å²) in [6.07, 6.45) is 0.167. The Hall–Kier alpha value is -1.05. The minimum atomic E-state index is -0.296. The average Bonchev–Trinajstić information content (AvgIpc) is 2.29. The minimum absolute atomic E-state index is 0.167. The highest BCUT2D eigenvalue weighted by Gasteiger charge is 2.12. The Bertz CT molecular complexity index is 468. The molecule has 5 heteroatoms. The number of carbonyl (C=O) groups is 1. The molecule has 90 valence electrons. The monoisotopic (exact) mass is 315 g/mol. The Morgan fingerprint density at radius 2 is 2.24 bits per heavy atom. The molecule has 0 aliphatic heterocycles. The molecule has 1 rings (SSSR count). The number of hydrogen-bond donors (Lipinski definition) is 0. The van der Waals surface area contributed by atoms with E-state index in [1.165, 1.54) is 0 Å². The van der Waals surface area contributed by atoms with Crippen LogP contribution in [0.5, 0.6) is 0 Å². The van der Waals surface area contributed by atoms with Gasteiger partial charge in [0, 0.05) is 5.33 Å². The first-order valence-electron chi connectivity index (χ1n) is 5.05. The molecule has 0 bridgehead atoms. The van der Waals surface area contributed by atoms with E-state index in [1.807, 2.05) is 6.07 Å². The van der Waals surface area contributed by atoms with Crippen LogP contribution in [0.3, 0.4) is 0 Å². The van der Waals surface area contributed by atoms with Crippen molar-refractivity contribution in [2.75, 3.05) is 6.61 Å². The Balaban J connectivity index is 3.03. The molecule has 3 nitrogen and oxygen atoms in total. The zero-order valence-corrected chi connectivity index (χ0v) is 11.6. The number of benzene rings is 1. The Labute approximate surface area is 113 Å². The molecule has 1 aromatic rings. The van der Waals surface area contributed by atoms with Crippen LogP contribution < -0.4 is 0 Å². The van der Waals surface area contributed by atoms with Crippen molar-refractivity contribution in [1.82, 2.24) is 0 Å². The number of alkyl halides is 1. The molecule has 0 saturated carbocycles. The van der Waals surface area contributed by atoms with Gasteiger partial charge in [0.2, 0.25) is 0 Å². The van der Waals surface area contributed by atoms with E-state index in [-0.39, 0.29) is 12.4 Å². The third-order valence-electron chi connectivity index (χ3n) is 2.19. The quantitative estimate of drug-likeness (QED) is 0.633. The third-order valence-corrected chi connectivity index (χ3v) is 3.11. The van der Waals surface area contributed by atoms with Crippen LogP contribution in [0.25, 0.3) is 0 Å². The molecule has 0 aromatic heterocycles. The van der Waals surface area contributed by atoms with Crippen LogP contribution in [0.15, 0.2) is 12.1 Å². The first-order valence-corrected chi connectivity index (χ1v) is 6.55. The largest absolute Gasteiger partial charge is 0.466 e. The van der Waals surface area contributed by atoms with Crippen LogP contribution >= 0.6 is 27.5 Å². The maximum Gasteiger partial charge on any atom is 0.310 e. The van der Waals surface area contributed by atoms with E-state index in [0.717, 1.165) is 11.1 Å². The second kappa shape index (κ2) is 6.63. The molecule has 0 fully saturated rings. The van der Waals surface area contributed by atoms with Crippen molar-refractivity contribution in [3.8, 4) is 6.07 Å². The highest BCUT2D eigenvalue weighted by atomic mass is 79.9. The fourth-order valence-electron chi connectivity index (χ4n) is 1.40. The Morgan fingerprint density at radius 1 is 1.53 bits per heavy atom. The van der Waals surface area contributed by atoms with Crippen molar-refractivity contribution in [3.63, 3.8) is 0 Å². The summed E-state index contributed by atoms with van der Waals surface area (Å²) in [4.78, 5) is 11.4. The number of nitriles is 1. The number of rotatable bonds is 4. The summed E-state index contributed by atoms with van der Waals surface area (Å²) >= 11 is 9.25.